The molecule has 0 unspecified atom stereocenters. The number of rotatable bonds is 4. The highest BCUT2D eigenvalue weighted by molar-refractivity contribution is 9.10. The number of halogens is 2. The molecule has 1 rings (SSSR count). The lowest BCUT2D eigenvalue weighted by molar-refractivity contribution is -0.138. The minimum atomic E-state index is -0.914. The Morgan fingerprint density at radius 2 is 2.12 bits per heavy atom. The van der Waals surface area contributed by atoms with Crippen molar-refractivity contribution in [3.8, 4) is 5.75 Å². The molecule has 94 valence electrons. The summed E-state index contributed by atoms with van der Waals surface area (Å²) in [5, 5.41) is 8.82. The van der Waals surface area contributed by atoms with E-state index in [0.717, 1.165) is 0 Å². The van der Waals surface area contributed by atoms with Gasteiger partial charge in [0.25, 0.3) is 0 Å². The van der Waals surface area contributed by atoms with Crippen LogP contribution in [0.15, 0.2) is 16.6 Å². The summed E-state index contributed by atoms with van der Waals surface area (Å²) in [7, 11) is 1.38. The minimum Gasteiger partial charge on any atom is -0.492 e. The molecule has 0 aliphatic rings. The van der Waals surface area contributed by atoms with Crippen LogP contribution in [0.1, 0.15) is 25.8 Å². The van der Waals surface area contributed by atoms with Crippen LogP contribution >= 0.6 is 15.9 Å². The van der Waals surface area contributed by atoms with Gasteiger partial charge in [0, 0.05) is 5.41 Å². The fraction of sp³-hybridized carbons (Fsp3) is 0.417. The summed E-state index contributed by atoms with van der Waals surface area (Å²) in [5.41, 5.74) is -0.0216. The second kappa shape index (κ2) is 5.04. The first-order valence-corrected chi connectivity index (χ1v) is 5.82. The summed E-state index contributed by atoms with van der Waals surface area (Å²) in [6.07, 6.45) is -0.0643. The van der Waals surface area contributed by atoms with E-state index in [-0.39, 0.29) is 12.2 Å². The van der Waals surface area contributed by atoms with Crippen LogP contribution in [0.3, 0.4) is 0 Å². The van der Waals surface area contributed by atoms with Crippen LogP contribution in [-0.4, -0.2) is 18.2 Å². The molecule has 0 aliphatic carbocycles. The number of carboxylic acids is 1. The number of methoxy groups -OCH3 is 1. The Labute approximate surface area is 108 Å². The number of hydrogen-bond donors (Lipinski definition) is 1. The fourth-order valence-electron chi connectivity index (χ4n) is 1.63. The maximum Gasteiger partial charge on any atom is 0.304 e. The van der Waals surface area contributed by atoms with E-state index in [0.29, 0.717) is 10.0 Å². The second-order valence-electron chi connectivity index (χ2n) is 4.43. The molecule has 1 N–H and O–H groups in total. The monoisotopic (exact) mass is 304 g/mol. The zero-order valence-electron chi connectivity index (χ0n) is 9.88. The summed E-state index contributed by atoms with van der Waals surface area (Å²) in [5.74, 6) is -1.29. The molecule has 0 aromatic heterocycles. The molecule has 0 saturated carbocycles. The van der Waals surface area contributed by atoms with Gasteiger partial charge in [0.15, 0.2) is 11.6 Å². The van der Waals surface area contributed by atoms with Crippen molar-refractivity contribution in [2.24, 2.45) is 0 Å². The highest BCUT2D eigenvalue weighted by atomic mass is 79.9. The maximum absolute atomic E-state index is 13.7. The second-order valence-corrected chi connectivity index (χ2v) is 5.28. The summed E-state index contributed by atoms with van der Waals surface area (Å²) >= 11 is 3.20. The first-order chi connectivity index (χ1) is 7.77. The van der Waals surface area contributed by atoms with Crippen LogP contribution in [0.4, 0.5) is 4.39 Å². The lowest BCUT2D eigenvalue weighted by Crippen LogP contribution is -2.22. The molecule has 0 atom stereocenters. The van der Waals surface area contributed by atoms with Gasteiger partial charge in [0.2, 0.25) is 0 Å². The normalized spacial score (nSPS) is 11.4. The molecule has 3 nitrogen and oxygen atoms in total. The van der Waals surface area contributed by atoms with Gasteiger partial charge in [-0.1, -0.05) is 13.8 Å². The number of ether oxygens (including phenoxy) is 1. The van der Waals surface area contributed by atoms with E-state index in [1.807, 2.05) is 0 Å². The number of hydrogen-bond acceptors (Lipinski definition) is 2. The van der Waals surface area contributed by atoms with Crippen molar-refractivity contribution in [3.05, 3.63) is 28.0 Å². The van der Waals surface area contributed by atoms with Gasteiger partial charge in [0.1, 0.15) is 0 Å². The molecule has 0 fully saturated rings. The van der Waals surface area contributed by atoms with Crippen molar-refractivity contribution in [1.29, 1.82) is 0 Å². The highest BCUT2D eigenvalue weighted by Crippen LogP contribution is 2.35. The maximum atomic E-state index is 13.7. The van der Waals surface area contributed by atoms with Gasteiger partial charge < -0.3 is 9.84 Å². The van der Waals surface area contributed by atoms with Crippen LogP contribution in [-0.2, 0) is 10.2 Å². The third kappa shape index (κ3) is 3.19. The average molecular weight is 305 g/mol. The molecule has 0 bridgehead atoms. The van der Waals surface area contributed by atoms with Crippen molar-refractivity contribution in [2.75, 3.05) is 7.11 Å². The van der Waals surface area contributed by atoms with E-state index < -0.39 is 17.2 Å². The molecule has 1 aromatic rings. The van der Waals surface area contributed by atoms with Gasteiger partial charge in [-0.15, -0.1) is 0 Å². The predicted octanol–water partition coefficient (Wildman–Crippen LogP) is 3.35. The number of benzene rings is 1. The van der Waals surface area contributed by atoms with Crippen LogP contribution in [0, 0.1) is 5.82 Å². The molecule has 1 aromatic carbocycles. The van der Waals surface area contributed by atoms with Gasteiger partial charge in [-0.05, 0) is 33.6 Å². The molecule has 17 heavy (non-hydrogen) atoms. The summed E-state index contributed by atoms with van der Waals surface area (Å²) in [6, 6.07) is 3.00. The Balaban J connectivity index is 3.20. The Kier molecular flexibility index (Phi) is 4.14. The Hall–Kier alpha value is -1.10. The zero-order chi connectivity index (χ0) is 13.2. The summed E-state index contributed by atoms with van der Waals surface area (Å²) < 4.78 is 19.0. The average Bonchev–Trinajstić information content (AvgIpc) is 2.14. The molecule has 0 amide bonds. The standard InChI is InChI=1S/C12H14BrFO3/c1-12(2,6-10(15)16)7-4-8(13)11(17-3)9(14)5-7/h4-5H,6H2,1-3H3,(H,15,16). The van der Waals surface area contributed by atoms with Gasteiger partial charge in [0.05, 0.1) is 18.0 Å². The third-order valence-electron chi connectivity index (χ3n) is 2.58. The lowest BCUT2D eigenvalue weighted by Gasteiger charge is -2.24. The highest BCUT2D eigenvalue weighted by Gasteiger charge is 2.26. The first-order valence-electron chi connectivity index (χ1n) is 5.03. The van der Waals surface area contributed by atoms with Crippen molar-refractivity contribution in [2.45, 2.75) is 25.7 Å². The van der Waals surface area contributed by atoms with Crippen molar-refractivity contribution in [3.63, 3.8) is 0 Å². The van der Waals surface area contributed by atoms with Crippen LogP contribution in [0.2, 0.25) is 0 Å². The Morgan fingerprint density at radius 1 is 1.53 bits per heavy atom. The molecular formula is C12H14BrFO3. The van der Waals surface area contributed by atoms with Crippen LogP contribution < -0.4 is 4.74 Å². The molecular weight excluding hydrogens is 291 g/mol. The summed E-state index contributed by atoms with van der Waals surface area (Å²) in [6.45, 7) is 3.52. The smallest absolute Gasteiger partial charge is 0.304 e. The zero-order valence-corrected chi connectivity index (χ0v) is 11.5. The van der Waals surface area contributed by atoms with Crippen molar-refractivity contribution in [1.82, 2.24) is 0 Å². The molecule has 0 spiro atoms. The van der Waals surface area contributed by atoms with Gasteiger partial charge in [-0.3, -0.25) is 4.79 Å². The molecule has 0 heterocycles. The number of carboxylic acid groups (broad SMARTS) is 1. The van der Waals surface area contributed by atoms with Crippen molar-refractivity contribution >= 4 is 21.9 Å². The van der Waals surface area contributed by atoms with Gasteiger partial charge >= 0.3 is 5.97 Å². The largest absolute Gasteiger partial charge is 0.492 e. The molecule has 5 heteroatoms. The topological polar surface area (TPSA) is 46.5 Å². The van der Waals surface area contributed by atoms with E-state index in [2.05, 4.69) is 15.9 Å². The molecule has 0 radical (unpaired) electrons. The van der Waals surface area contributed by atoms with Crippen LogP contribution in [0.5, 0.6) is 5.75 Å². The van der Waals surface area contributed by atoms with Crippen molar-refractivity contribution < 1.29 is 19.0 Å². The van der Waals surface area contributed by atoms with E-state index in [1.54, 1.807) is 19.9 Å². The molecule has 0 saturated heterocycles. The van der Waals surface area contributed by atoms with E-state index in [1.165, 1.54) is 13.2 Å². The van der Waals surface area contributed by atoms with Crippen LogP contribution in [0.25, 0.3) is 0 Å². The summed E-state index contributed by atoms with van der Waals surface area (Å²) in [4.78, 5) is 10.8. The quantitative estimate of drug-likeness (QED) is 0.928. The molecule has 0 aliphatic heterocycles. The Bertz CT molecular complexity index is 420. The lowest BCUT2D eigenvalue weighted by atomic mass is 9.81. The number of aliphatic carboxylic acids is 1. The Morgan fingerprint density at radius 3 is 2.53 bits per heavy atom. The van der Waals surface area contributed by atoms with E-state index >= 15 is 0 Å². The fourth-order valence-corrected chi connectivity index (χ4v) is 2.22. The predicted molar refractivity (Wildman–Crippen MR) is 65.9 cm³/mol. The SMILES string of the molecule is COc1c(F)cc(C(C)(C)CC(=O)O)cc1Br. The van der Waals surface area contributed by atoms with E-state index in [4.69, 9.17) is 9.84 Å². The van der Waals surface area contributed by atoms with Gasteiger partial charge in [-0.25, -0.2) is 4.39 Å². The number of carbonyl (C=O) groups is 1. The third-order valence-corrected chi connectivity index (χ3v) is 3.17. The minimum absolute atomic E-state index is 0.0643. The first kappa shape index (κ1) is 14.0. The van der Waals surface area contributed by atoms with Gasteiger partial charge in [-0.2, -0.15) is 0 Å². The van der Waals surface area contributed by atoms with E-state index in [9.17, 15) is 9.18 Å².